The first-order valence-corrected chi connectivity index (χ1v) is 9.66. The first kappa shape index (κ1) is 22.3. The maximum atomic E-state index is 13.0. The van der Waals surface area contributed by atoms with Gasteiger partial charge in [0.1, 0.15) is 0 Å². The fourth-order valence-electron chi connectivity index (χ4n) is 3.51. The normalized spacial score (nSPS) is 11.6. The van der Waals surface area contributed by atoms with Crippen LogP contribution in [0.25, 0.3) is 5.69 Å². The van der Waals surface area contributed by atoms with Crippen LogP contribution in [0.4, 0.5) is 13.2 Å². The van der Waals surface area contributed by atoms with Crippen molar-refractivity contribution in [3.8, 4) is 5.69 Å². The van der Waals surface area contributed by atoms with Crippen LogP contribution < -0.4 is 10.9 Å². The van der Waals surface area contributed by atoms with Gasteiger partial charge in [-0.2, -0.15) is 18.3 Å². The molecule has 0 fully saturated rings. The second-order valence-electron chi connectivity index (χ2n) is 7.51. The van der Waals surface area contributed by atoms with Crippen molar-refractivity contribution in [1.29, 1.82) is 0 Å². The lowest BCUT2D eigenvalue weighted by atomic mass is 10.1. The SMILES string of the molecule is Cc1cc(C)c(CNC(=O)Cc2c(C)nn(-c3cccc(C(F)(F)F)c3)c2C)c(=O)[nH]1. The van der Waals surface area contributed by atoms with E-state index >= 15 is 0 Å². The predicted molar refractivity (Wildman–Crippen MR) is 110 cm³/mol. The smallest absolute Gasteiger partial charge is 0.352 e. The Bertz CT molecular complexity index is 1190. The Hall–Kier alpha value is -3.36. The zero-order valence-corrected chi connectivity index (χ0v) is 17.6. The number of halogens is 3. The van der Waals surface area contributed by atoms with Crippen LogP contribution in [0.15, 0.2) is 35.1 Å². The van der Waals surface area contributed by atoms with E-state index in [0.717, 1.165) is 23.4 Å². The number of rotatable bonds is 5. The Morgan fingerprint density at radius 3 is 2.48 bits per heavy atom. The topological polar surface area (TPSA) is 79.8 Å². The summed E-state index contributed by atoms with van der Waals surface area (Å²) in [6.45, 7) is 7.08. The molecule has 6 nitrogen and oxygen atoms in total. The molecule has 0 bridgehead atoms. The summed E-state index contributed by atoms with van der Waals surface area (Å²) >= 11 is 0. The highest BCUT2D eigenvalue weighted by molar-refractivity contribution is 5.79. The molecule has 2 heterocycles. The number of pyridine rings is 1. The van der Waals surface area contributed by atoms with Crippen molar-refractivity contribution in [3.05, 3.63) is 80.0 Å². The van der Waals surface area contributed by atoms with Gasteiger partial charge in [0.05, 0.1) is 23.4 Å². The van der Waals surface area contributed by atoms with Crippen LogP contribution in [-0.2, 0) is 23.9 Å². The Labute approximate surface area is 177 Å². The minimum Gasteiger partial charge on any atom is -0.352 e. The molecular formula is C22H23F3N4O2. The number of hydrogen-bond donors (Lipinski definition) is 2. The summed E-state index contributed by atoms with van der Waals surface area (Å²) in [5.41, 5.74) is 3.02. The summed E-state index contributed by atoms with van der Waals surface area (Å²) < 4.78 is 40.5. The Kier molecular flexibility index (Phi) is 6.06. The third-order valence-corrected chi connectivity index (χ3v) is 5.15. The highest BCUT2D eigenvalue weighted by Crippen LogP contribution is 2.30. The van der Waals surface area contributed by atoms with Crippen LogP contribution in [0.2, 0.25) is 0 Å². The van der Waals surface area contributed by atoms with Crippen LogP contribution in [-0.4, -0.2) is 20.7 Å². The van der Waals surface area contributed by atoms with Gasteiger partial charge >= 0.3 is 6.18 Å². The van der Waals surface area contributed by atoms with Gasteiger partial charge in [-0.3, -0.25) is 9.59 Å². The van der Waals surface area contributed by atoms with E-state index in [9.17, 15) is 22.8 Å². The van der Waals surface area contributed by atoms with E-state index < -0.39 is 11.7 Å². The van der Waals surface area contributed by atoms with Gasteiger partial charge in [0.15, 0.2) is 0 Å². The third-order valence-electron chi connectivity index (χ3n) is 5.15. The lowest BCUT2D eigenvalue weighted by molar-refractivity contribution is -0.137. The van der Waals surface area contributed by atoms with Gasteiger partial charge in [0, 0.05) is 29.1 Å². The maximum absolute atomic E-state index is 13.0. The fourth-order valence-corrected chi connectivity index (χ4v) is 3.51. The van der Waals surface area contributed by atoms with Gasteiger partial charge in [-0.25, -0.2) is 4.68 Å². The number of amides is 1. The lowest BCUT2D eigenvalue weighted by Crippen LogP contribution is -2.29. The molecule has 1 aromatic carbocycles. The number of alkyl halides is 3. The second-order valence-corrected chi connectivity index (χ2v) is 7.51. The van der Waals surface area contributed by atoms with Crippen molar-refractivity contribution < 1.29 is 18.0 Å². The summed E-state index contributed by atoms with van der Waals surface area (Å²) in [7, 11) is 0. The number of carbonyl (C=O) groups excluding carboxylic acids is 1. The van der Waals surface area contributed by atoms with Crippen molar-refractivity contribution in [2.75, 3.05) is 0 Å². The summed E-state index contributed by atoms with van der Waals surface area (Å²) in [6.07, 6.45) is -4.46. The Morgan fingerprint density at radius 2 is 1.84 bits per heavy atom. The molecule has 3 rings (SSSR count). The Balaban J connectivity index is 1.79. The van der Waals surface area contributed by atoms with Gasteiger partial charge in [0.2, 0.25) is 5.91 Å². The van der Waals surface area contributed by atoms with E-state index in [1.165, 1.54) is 16.8 Å². The molecule has 0 radical (unpaired) electrons. The van der Waals surface area contributed by atoms with E-state index in [2.05, 4.69) is 15.4 Å². The standard InChI is InChI=1S/C22H23F3N4O2/c1-12-8-13(2)27-21(31)19(12)11-26-20(30)10-18-14(3)28-29(15(18)4)17-7-5-6-16(9-17)22(23,24)25/h5-9H,10-11H2,1-4H3,(H,26,30)(H,27,31). The minimum absolute atomic E-state index is 0.000554. The molecule has 2 aromatic heterocycles. The minimum atomic E-state index is -4.46. The van der Waals surface area contributed by atoms with Gasteiger partial charge in [-0.1, -0.05) is 6.07 Å². The van der Waals surface area contributed by atoms with Crippen molar-refractivity contribution in [2.45, 2.75) is 46.8 Å². The van der Waals surface area contributed by atoms with E-state index in [0.29, 0.717) is 22.5 Å². The molecule has 31 heavy (non-hydrogen) atoms. The predicted octanol–water partition coefficient (Wildman–Crippen LogP) is 3.67. The molecule has 0 saturated carbocycles. The molecule has 0 spiro atoms. The van der Waals surface area contributed by atoms with Gasteiger partial charge in [-0.15, -0.1) is 0 Å². The van der Waals surface area contributed by atoms with Gasteiger partial charge in [0.25, 0.3) is 5.56 Å². The second kappa shape index (κ2) is 8.41. The van der Waals surface area contributed by atoms with E-state index in [4.69, 9.17) is 0 Å². The van der Waals surface area contributed by atoms with Crippen LogP contribution in [0.5, 0.6) is 0 Å². The molecule has 0 aliphatic carbocycles. The highest BCUT2D eigenvalue weighted by Gasteiger charge is 2.30. The van der Waals surface area contributed by atoms with Gasteiger partial charge in [-0.05, 0) is 57.5 Å². The summed E-state index contributed by atoms with van der Waals surface area (Å²) in [6, 6.07) is 6.71. The number of benzene rings is 1. The molecule has 0 aliphatic heterocycles. The number of aromatic amines is 1. The van der Waals surface area contributed by atoms with Crippen molar-refractivity contribution in [2.24, 2.45) is 0 Å². The molecular weight excluding hydrogens is 409 g/mol. The molecule has 0 aliphatic rings. The molecule has 0 saturated heterocycles. The van der Waals surface area contributed by atoms with Crippen LogP contribution in [0.1, 0.15) is 39.3 Å². The fraction of sp³-hybridized carbons (Fsp3) is 0.318. The molecule has 1 amide bonds. The number of H-pyrrole nitrogens is 1. The first-order valence-electron chi connectivity index (χ1n) is 9.66. The van der Waals surface area contributed by atoms with Crippen molar-refractivity contribution >= 4 is 5.91 Å². The zero-order chi connectivity index (χ0) is 22.9. The molecule has 0 atom stereocenters. The van der Waals surface area contributed by atoms with E-state index in [1.807, 2.05) is 6.07 Å². The van der Waals surface area contributed by atoms with E-state index in [1.54, 1.807) is 27.7 Å². The van der Waals surface area contributed by atoms with Crippen LogP contribution in [0, 0.1) is 27.7 Å². The number of aryl methyl sites for hydroxylation is 3. The third kappa shape index (κ3) is 4.87. The number of nitrogens with zero attached hydrogens (tertiary/aromatic N) is 2. The first-order chi connectivity index (χ1) is 14.5. The van der Waals surface area contributed by atoms with Crippen molar-refractivity contribution in [1.82, 2.24) is 20.1 Å². The molecule has 2 N–H and O–H groups in total. The van der Waals surface area contributed by atoms with Gasteiger partial charge < -0.3 is 10.3 Å². The number of carbonyl (C=O) groups is 1. The molecule has 9 heteroatoms. The summed E-state index contributed by atoms with van der Waals surface area (Å²) in [5, 5.41) is 7.06. The van der Waals surface area contributed by atoms with Crippen LogP contribution >= 0.6 is 0 Å². The molecule has 164 valence electrons. The lowest BCUT2D eigenvalue weighted by Gasteiger charge is -2.10. The monoisotopic (exact) mass is 432 g/mol. The maximum Gasteiger partial charge on any atom is 0.416 e. The number of hydrogen-bond acceptors (Lipinski definition) is 3. The quantitative estimate of drug-likeness (QED) is 0.646. The number of aromatic nitrogens is 3. The van der Waals surface area contributed by atoms with Crippen molar-refractivity contribution in [3.63, 3.8) is 0 Å². The molecule has 0 unspecified atom stereocenters. The zero-order valence-electron chi connectivity index (χ0n) is 17.6. The highest BCUT2D eigenvalue weighted by atomic mass is 19.4. The average Bonchev–Trinajstić information content (AvgIpc) is 2.95. The largest absolute Gasteiger partial charge is 0.416 e. The molecule has 3 aromatic rings. The Morgan fingerprint density at radius 1 is 1.13 bits per heavy atom. The summed E-state index contributed by atoms with van der Waals surface area (Å²) in [5.74, 6) is -0.311. The average molecular weight is 432 g/mol. The van der Waals surface area contributed by atoms with Crippen LogP contribution in [0.3, 0.4) is 0 Å². The summed E-state index contributed by atoms with van der Waals surface area (Å²) in [4.78, 5) is 27.3. The van der Waals surface area contributed by atoms with E-state index in [-0.39, 0.29) is 30.1 Å². The number of nitrogens with one attached hydrogen (secondary N) is 2.